The van der Waals surface area contributed by atoms with Crippen LogP contribution >= 0.6 is 0 Å². The summed E-state index contributed by atoms with van der Waals surface area (Å²) in [5.74, 6) is -3.04. The lowest BCUT2D eigenvalue weighted by Gasteiger charge is -2.27. The molecule has 0 aliphatic heterocycles. The SMILES string of the molecule is CN(C)CCC(C)(C(=O)O)c1ccc(F)c(F)c1. The minimum Gasteiger partial charge on any atom is -0.481 e. The highest BCUT2D eigenvalue weighted by Gasteiger charge is 2.35. The fraction of sp³-hybridized carbons (Fsp3) is 0.462. The van der Waals surface area contributed by atoms with E-state index in [1.807, 2.05) is 19.0 Å². The molecule has 3 nitrogen and oxygen atoms in total. The molecule has 0 aromatic heterocycles. The average Bonchev–Trinajstić information content (AvgIpc) is 2.29. The first-order valence-electron chi connectivity index (χ1n) is 5.61. The van der Waals surface area contributed by atoms with Crippen LogP contribution < -0.4 is 0 Å². The minimum atomic E-state index is -1.22. The molecule has 0 aliphatic carbocycles. The van der Waals surface area contributed by atoms with Crippen LogP contribution in [0.15, 0.2) is 18.2 Å². The number of rotatable bonds is 5. The number of aliphatic carboxylic acids is 1. The number of hydrogen-bond acceptors (Lipinski definition) is 2. The summed E-state index contributed by atoms with van der Waals surface area (Å²) in [5, 5.41) is 9.32. The van der Waals surface area contributed by atoms with E-state index in [0.29, 0.717) is 13.0 Å². The molecule has 18 heavy (non-hydrogen) atoms. The first-order valence-corrected chi connectivity index (χ1v) is 5.61. The topological polar surface area (TPSA) is 40.5 Å². The molecule has 0 heterocycles. The maximum Gasteiger partial charge on any atom is 0.313 e. The number of halogens is 2. The molecule has 0 saturated heterocycles. The number of carboxylic acids is 1. The maximum absolute atomic E-state index is 13.2. The zero-order chi connectivity index (χ0) is 13.9. The first kappa shape index (κ1) is 14.6. The second-order valence-electron chi connectivity index (χ2n) is 4.82. The van der Waals surface area contributed by atoms with Gasteiger partial charge >= 0.3 is 5.97 Å². The van der Waals surface area contributed by atoms with E-state index in [-0.39, 0.29) is 5.56 Å². The summed E-state index contributed by atoms with van der Waals surface area (Å²) in [6.45, 7) is 2.06. The molecule has 1 unspecified atom stereocenters. The standard InChI is InChI=1S/C13H17F2NO2/c1-13(12(17)18,6-7-16(2)3)9-4-5-10(14)11(15)8-9/h4-5,8H,6-7H2,1-3H3,(H,17,18). The molecular formula is C13H17F2NO2. The Balaban J connectivity index is 3.10. The molecule has 1 aromatic rings. The van der Waals surface area contributed by atoms with Gasteiger partial charge < -0.3 is 10.0 Å². The third-order valence-electron chi connectivity index (χ3n) is 3.09. The van der Waals surface area contributed by atoms with E-state index in [1.165, 1.54) is 13.0 Å². The molecule has 5 heteroatoms. The monoisotopic (exact) mass is 257 g/mol. The van der Waals surface area contributed by atoms with Crippen LogP contribution in [0.2, 0.25) is 0 Å². The Bertz CT molecular complexity index is 449. The third kappa shape index (κ3) is 3.04. The molecule has 0 spiro atoms. The van der Waals surface area contributed by atoms with Crippen molar-refractivity contribution in [2.45, 2.75) is 18.8 Å². The van der Waals surface area contributed by atoms with Crippen LogP contribution in [-0.4, -0.2) is 36.6 Å². The van der Waals surface area contributed by atoms with E-state index in [9.17, 15) is 18.7 Å². The van der Waals surface area contributed by atoms with Gasteiger partial charge in [-0.1, -0.05) is 6.07 Å². The number of nitrogens with zero attached hydrogens (tertiary/aromatic N) is 1. The van der Waals surface area contributed by atoms with Crippen LogP contribution in [0.25, 0.3) is 0 Å². The Morgan fingerprint density at radius 3 is 2.39 bits per heavy atom. The largest absolute Gasteiger partial charge is 0.481 e. The Hall–Kier alpha value is -1.49. The van der Waals surface area contributed by atoms with E-state index in [2.05, 4.69) is 0 Å². The molecule has 1 rings (SSSR count). The second kappa shape index (κ2) is 5.44. The summed E-state index contributed by atoms with van der Waals surface area (Å²) in [4.78, 5) is 13.2. The molecule has 1 aromatic carbocycles. The van der Waals surface area contributed by atoms with Crippen LogP contribution in [-0.2, 0) is 10.2 Å². The van der Waals surface area contributed by atoms with Gasteiger partial charge in [0.05, 0.1) is 5.41 Å². The highest BCUT2D eigenvalue weighted by molar-refractivity contribution is 5.80. The smallest absolute Gasteiger partial charge is 0.313 e. The number of carboxylic acid groups (broad SMARTS) is 1. The van der Waals surface area contributed by atoms with Crippen molar-refractivity contribution in [1.29, 1.82) is 0 Å². The van der Waals surface area contributed by atoms with Gasteiger partial charge in [-0.2, -0.15) is 0 Å². The van der Waals surface area contributed by atoms with Crippen molar-refractivity contribution >= 4 is 5.97 Å². The Labute approximate surface area is 105 Å². The zero-order valence-corrected chi connectivity index (χ0v) is 10.7. The lowest BCUT2D eigenvalue weighted by atomic mass is 9.79. The molecule has 0 saturated carbocycles. The van der Waals surface area contributed by atoms with Crippen molar-refractivity contribution in [1.82, 2.24) is 4.90 Å². The summed E-state index contributed by atoms with van der Waals surface area (Å²) in [5.41, 5.74) is -0.950. The van der Waals surface area contributed by atoms with E-state index in [0.717, 1.165) is 12.1 Å². The second-order valence-corrected chi connectivity index (χ2v) is 4.82. The van der Waals surface area contributed by atoms with Gasteiger partial charge in [0, 0.05) is 0 Å². The van der Waals surface area contributed by atoms with Gasteiger partial charge in [0.25, 0.3) is 0 Å². The molecule has 0 bridgehead atoms. The van der Waals surface area contributed by atoms with Crippen molar-refractivity contribution in [3.05, 3.63) is 35.4 Å². The molecule has 0 amide bonds. The molecule has 0 radical (unpaired) electrons. The number of hydrogen-bond donors (Lipinski definition) is 1. The van der Waals surface area contributed by atoms with Crippen LogP contribution in [0.5, 0.6) is 0 Å². The predicted molar refractivity (Wildman–Crippen MR) is 64.5 cm³/mol. The Morgan fingerprint density at radius 2 is 1.94 bits per heavy atom. The highest BCUT2D eigenvalue weighted by atomic mass is 19.2. The zero-order valence-electron chi connectivity index (χ0n) is 10.7. The first-order chi connectivity index (χ1) is 8.27. The predicted octanol–water partition coefficient (Wildman–Crippen LogP) is 2.26. The highest BCUT2D eigenvalue weighted by Crippen LogP contribution is 2.29. The number of benzene rings is 1. The Morgan fingerprint density at radius 1 is 1.33 bits per heavy atom. The third-order valence-corrected chi connectivity index (χ3v) is 3.09. The van der Waals surface area contributed by atoms with Gasteiger partial charge in [-0.25, -0.2) is 8.78 Å². The molecular weight excluding hydrogens is 240 g/mol. The van der Waals surface area contributed by atoms with Crippen molar-refractivity contribution in [2.24, 2.45) is 0 Å². The fourth-order valence-electron chi connectivity index (χ4n) is 1.66. The fourth-order valence-corrected chi connectivity index (χ4v) is 1.66. The van der Waals surface area contributed by atoms with E-state index in [4.69, 9.17) is 0 Å². The summed E-state index contributed by atoms with van der Waals surface area (Å²) < 4.78 is 26.1. The van der Waals surface area contributed by atoms with Crippen LogP contribution in [0.3, 0.4) is 0 Å². The van der Waals surface area contributed by atoms with E-state index in [1.54, 1.807) is 0 Å². The molecule has 1 atom stereocenters. The Kier molecular flexibility index (Phi) is 4.40. The summed E-state index contributed by atoms with van der Waals surface area (Å²) in [7, 11) is 3.65. The van der Waals surface area contributed by atoms with E-state index >= 15 is 0 Å². The van der Waals surface area contributed by atoms with Crippen LogP contribution in [0, 0.1) is 11.6 Å². The summed E-state index contributed by atoms with van der Waals surface area (Å²) in [6, 6.07) is 3.24. The number of carbonyl (C=O) groups is 1. The summed E-state index contributed by atoms with van der Waals surface area (Å²) in [6.07, 6.45) is 0.320. The molecule has 0 aliphatic rings. The lowest BCUT2D eigenvalue weighted by molar-refractivity contribution is -0.143. The normalized spacial score (nSPS) is 14.6. The lowest BCUT2D eigenvalue weighted by Crippen LogP contribution is -2.35. The van der Waals surface area contributed by atoms with Crippen molar-refractivity contribution in [3.63, 3.8) is 0 Å². The average molecular weight is 257 g/mol. The van der Waals surface area contributed by atoms with Gasteiger partial charge in [-0.15, -0.1) is 0 Å². The van der Waals surface area contributed by atoms with Crippen LogP contribution in [0.4, 0.5) is 8.78 Å². The quantitative estimate of drug-likeness (QED) is 0.879. The van der Waals surface area contributed by atoms with Gasteiger partial charge in [0.2, 0.25) is 0 Å². The molecule has 0 fully saturated rings. The van der Waals surface area contributed by atoms with E-state index < -0.39 is 23.0 Å². The van der Waals surface area contributed by atoms with Gasteiger partial charge in [-0.3, -0.25) is 4.79 Å². The molecule has 100 valence electrons. The maximum atomic E-state index is 13.2. The molecule has 1 N–H and O–H groups in total. The van der Waals surface area contributed by atoms with Crippen molar-refractivity contribution in [2.75, 3.05) is 20.6 Å². The van der Waals surface area contributed by atoms with Gasteiger partial charge in [0.1, 0.15) is 0 Å². The van der Waals surface area contributed by atoms with Crippen LogP contribution in [0.1, 0.15) is 18.9 Å². The van der Waals surface area contributed by atoms with Crippen molar-refractivity contribution < 1.29 is 18.7 Å². The van der Waals surface area contributed by atoms with Gasteiger partial charge in [-0.05, 0) is 51.7 Å². The van der Waals surface area contributed by atoms with Crippen molar-refractivity contribution in [3.8, 4) is 0 Å². The van der Waals surface area contributed by atoms with Gasteiger partial charge in [0.15, 0.2) is 11.6 Å². The minimum absolute atomic E-state index is 0.274. The summed E-state index contributed by atoms with van der Waals surface area (Å²) >= 11 is 0.